The van der Waals surface area contributed by atoms with Crippen molar-refractivity contribution in [2.75, 3.05) is 26.7 Å². The molecule has 0 radical (unpaired) electrons. The number of nitrogens with zero attached hydrogens (tertiary/aromatic N) is 1. The van der Waals surface area contributed by atoms with Crippen LogP contribution in [-0.4, -0.2) is 42.7 Å². The van der Waals surface area contributed by atoms with Crippen molar-refractivity contribution in [3.05, 3.63) is 29.8 Å². The van der Waals surface area contributed by atoms with Crippen LogP contribution in [-0.2, 0) is 11.2 Å². The van der Waals surface area contributed by atoms with Gasteiger partial charge in [0.25, 0.3) is 0 Å². The first kappa shape index (κ1) is 13.9. The molecular weight excluding hydrogens is 242 g/mol. The second-order valence-electron chi connectivity index (χ2n) is 5.02. The summed E-state index contributed by atoms with van der Waals surface area (Å²) in [6.07, 6.45) is 2.48. The lowest BCUT2D eigenvalue weighted by molar-refractivity contribution is -0.143. The quantitative estimate of drug-likeness (QED) is 0.883. The van der Waals surface area contributed by atoms with Gasteiger partial charge in [0.2, 0.25) is 0 Å². The topological polar surface area (TPSA) is 49.8 Å². The van der Waals surface area contributed by atoms with E-state index < -0.39 is 5.97 Å². The van der Waals surface area contributed by atoms with E-state index in [9.17, 15) is 4.79 Å². The molecule has 104 valence electrons. The van der Waals surface area contributed by atoms with E-state index in [0.717, 1.165) is 44.6 Å². The predicted molar refractivity (Wildman–Crippen MR) is 73.5 cm³/mol. The summed E-state index contributed by atoms with van der Waals surface area (Å²) >= 11 is 0. The Morgan fingerprint density at radius 1 is 1.37 bits per heavy atom. The zero-order valence-corrected chi connectivity index (χ0v) is 11.3. The maximum atomic E-state index is 10.9. The highest BCUT2D eigenvalue weighted by molar-refractivity contribution is 5.70. The van der Waals surface area contributed by atoms with Crippen LogP contribution in [0.15, 0.2) is 24.3 Å². The molecule has 0 unspecified atom stereocenters. The minimum Gasteiger partial charge on any atom is -0.496 e. The Morgan fingerprint density at radius 3 is 2.68 bits per heavy atom. The van der Waals surface area contributed by atoms with Crippen molar-refractivity contribution in [3.8, 4) is 5.75 Å². The fourth-order valence-electron chi connectivity index (χ4n) is 2.59. The van der Waals surface area contributed by atoms with Gasteiger partial charge in [-0.05, 0) is 44.0 Å². The van der Waals surface area contributed by atoms with Crippen molar-refractivity contribution >= 4 is 5.97 Å². The van der Waals surface area contributed by atoms with Gasteiger partial charge < -0.3 is 14.7 Å². The molecule has 0 aliphatic carbocycles. The molecule has 1 N–H and O–H groups in total. The normalized spacial score (nSPS) is 17.3. The van der Waals surface area contributed by atoms with E-state index in [1.807, 2.05) is 18.2 Å². The van der Waals surface area contributed by atoms with Crippen molar-refractivity contribution in [3.63, 3.8) is 0 Å². The Kier molecular flexibility index (Phi) is 4.80. The molecule has 0 amide bonds. The Labute approximate surface area is 114 Å². The molecule has 0 atom stereocenters. The van der Waals surface area contributed by atoms with Gasteiger partial charge in [0, 0.05) is 6.54 Å². The van der Waals surface area contributed by atoms with Gasteiger partial charge in [-0.1, -0.05) is 18.2 Å². The predicted octanol–water partition coefficient (Wildman–Crippen LogP) is 2.03. The van der Waals surface area contributed by atoms with E-state index in [1.165, 1.54) is 5.56 Å². The van der Waals surface area contributed by atoms with Crippen molar-refractivity contribution in [2.45, 2.75) is 19.3 Å². The van der Waals surface area contributed by atoms with E-state index >= 15 is 0 Å². The number of aliphatic carboxylic acids is 1. The number of ether oxygens (including phenoxy) is 1. The van der Waals surface area contributed by atoms with Crippen LogP contribution in [0.5, 0.6) is 5.75 Å². The molecule has 1 heterocycles. The molecule has 1 aromatic rings. The zero-order valence-electron chi connectivity index (χ0n) is 11.3. The van der Waals surface area contributed by atoms with Crippen molar-refractivity contribution in [1.82, 2.24) is 4.90 Å². The first-order valence-corrected chi connectivity index (χ1v) is 6.77. The molecule has 1 aromatic carbocycles. The maximum absolute atomic E-state index is 10.9. The third-order valence-corrected chi connectivity index (χ3v) is 3.83. The first-order valence-electron chi connectivity index (χ1n) is 6.77. The summed E-state index contributed by atoms with van der Waals surface area (Å²) < 4.78 is 5.34. The second-order valence-corrected chi connectivity index (χ2v) is 5.02. The maximum Gasteiger partial charge on any atom is 0.306 e. The Bertz CT molecular complexity index is 425. The number of piperidine rings is 1. The van der Waals surface area contributed by atoms with Crippen molar-refractivity contribution < 1.29 is 14.6 Å². The third-order valence-electron chi connectivity index (χ3n) is 3.83. The lowest BCUT2D eigenvalue weighted by Gasteiger charge is -2.30. The van der Waals surface area contributed by atoms with Crippen LogP contribution in [0.1, 0.15) is 18.4 Å². The van der Waals surface area contributed by atoms with Crippen LogP contribution in [0.2, 0.25) is 0 Å². The number of rotatable bonds is 5. The molecule has 19 heavy (non-hydrogen) atoms. The van der Waals surface area contributed by atoms with Crippen LogP contribution in [0.25, 0.3) is 0 Å². The van der Waals surface area contributed by atoms with Crippen LogP contribution >= 0.6 is 0 Å². The number of hydrogen-bond acceptors (Lipinski definition) is 3. The number of hydrogen-bond donors (Lipinski definition) is 1. The lowest BCUT2D eigenvalue weighted by Crippen LogP contribution is -2.37. The summed E-state index contributed by atoms with van der Waals surface area (Å²) in [6, 6.07) is 8.06. The minimum atomic E-state index is -0.649. The first-order chi connectivity index (χ1) is 9.20. The van der Waals surface area contributed by atoms with Gasteiger partial charge in [-0.15, -0.1) is 0 Å². The van der Waals surface area contributed by atoms with Crippen LogP contribution in [0.4, 0.5) is 0 Å². The van der Waals surface area contributed by atoms with Crippen LogP contribution < -0.4 is 4.74 Å². The van der Waals surface area contributed by atoms with E-state index in [4.69, 9.17) is 9.84 Å². The van der Waals surface area contributed by atoms with E-state index in [-0.39, 0.29) is 5.92 Å². The summed E-state index contributed by atoms with van der Waals surface area (Å²) in [7, 11) is 1.69. The summed E-state index contributed by atoms with van der Waals surface area (Å²) in [5.41, 5.74) is 1.21. The van der Waals surface area contributed by atoms with Gasteiger partial charge in [-0.3, -0.25) is 4.79 Å². The molecule has 0 saturated carbocycles. The minimum absolute atomic E-state index is 0.150. The lowest BCUT2D eigenvalue weighted by atomic mass is 9.97. The highest BCUT2D eigenvalue weighted by Crippen LogP contribution is 2.20. The van der Waals surface area contributed by atoms with E-state index in [1.54, 1.807) is 7.11 Å². The molecule has 1 saturated heterocycles. The number of carboxylic acid groups (broad SMARTS) is 1. The summed E-state index contributed by atoms with van der Waals surface area (Å²) in [5, 5.41) is 8.97. The van der Waals surface area contributed by atoms with E-state index in [0.29, 0.717) is 0 Å². The molecule has 0 bridgehead atoms. The highest BCUT2D eigenvalue weighted by atomic mass is 16.5. The Morgan fingerprint density at radius 2 is 2.05 bits per heavy atom. The zero-order chi connectivity index (χ0) is 13.7. The van der Waals surface area contributed by atoms with Gasteiger partial charge in [-0.25, -0.2) is 0 Å². The Hall–Kier alpha value is -1.55. The van der Waals surface area contributed by atoms with Gasteiger partial charge in [-0.2, -0.15) is 0 Å². The number of carboxylic acids is 1. The number of methoxy groups -OCH3 is 1. The molecule has 1 aliphatic heterocycles. The molecule has 0 aromatic heterocycles. The van der Waals surface area contributed by atoms with Gasteiger partial charge in [0.15, 0.2) is 0 Å². The van der Waals surface area contributed by atoms with E-state index in [2.05, 4.69) is 11.0 Å². The molecule has 1 aliphatic rings. The monoisotopic (exact) mass is 263 g/mol. The van der Waals surface area contributed by atoms with Crippen molar-refractivity contribution in [2.24, 2.45) is 5.92 Å². The van der Waals surface area contributed by atoms with Gasteiger partial charge in [0.05, 0.1) is 13.0 Å². The average Bonchev–Trinajstić information content (AvgIpc) is 2.45. The fraction of sp³-hybridized carbons (Fsp3) is 0.533. The van der Waals surface area contributed by atoms with Gasteiger partial charge >= 0.3 is 5.97 Å². The summed E-state index contributed by atoms with van der Waals surface area (Å²) in [6.45, 7) is 2.73. The fourth-order valence-corrected chi connectivity index (χ4v) is 2.59. The number of likely N-dealkylation sites (tertiary alicyclic amines) is 1. The largest absolute Gasteiger partial charge is 0.496 e. The molecule has 4 nitrogen and oxygen atoms in total. The Balaban J connectivity index is 1.82. The van der Waals surface area contributed by atoms with Crippen molar-refractivity contribution in [1.29, 1.82) is 0 Å². The van der Waals surface area contributed by atoms with Crippen LogP contribution in [0, 0.1) is 5.92 Å². The summed E-state index contributed by atoms with van der Waals surface area (Å²) in [5.74, 6) is 0.134. The number of benzene rings is 1. The smallest absolute Gasteiger partial charge is 0.306 e. The summed E-state index contributed by atoms with van der Waals surface area (Å²) in [4.78, 5) is 13.2. The molecular formula is C15H21NO3. The van der Waals surface area contributed by atoms with Gasteiger partial charge in [0.1, 0.15) is 5.75 Å². The second kappa shape index (κ2) is 6.57. The van der Waals surface area contributed by atoms with Crippen LogP contribution in [0.3, 0.4) is 0 Å². The SMILES string of the molecule is COc1ccccc1CCN1CCC(C(=O)O)CC1. The third kappa shape index (κ3) is 3.70. The molecule has 1 fully saturated rings. The molecule has 4 heteroatoms. The number of carbonyl (C=O) groups is 1. The molecule has 2 rings (SSSR count). The highest BCUT2D eigenvalue weighted by Gasteiger charge is 2.24. The molecule has 0 spiro atoms. The number of para-hydroxylation sites is 1. The average molecular weight is 263 g/mol. The standard InChI is InChI=1S/C15H21NO3/c1-19-14-5-3-2-4-12(14)6-9-16-10-7-13(8-11-16)15(17)18/h2-5,13H,6-11H2,1H3,(H,17,18).